The minimum atomic E-state index is -0.575. The number of fused-ring (bicyclic) bond motifs is 5. The number of para-hydroxylation sites is 1. The van der Waals surface area contributed by atoms with Gasteiger partial charge in [0.05, 0.1) is 7.11 Å². The highest BCUT2D eigenvalue weighted by Gasteiger charge is 2.31. The molecule has 4 aromatic carbocycles. The fourth-order valence-corrected chi connectivity index (χ4v) is 6.55. The molecular formula is C38H33ClN2O3. The first kappa shape index (κ1) is 29.2. The van der Waals surface area contributed by atoms with Crippen LogP contribution in [0.3, 0.4) is 0 Å². The predicted octanol–water partition coefficient (Wildman–Crippen LogP) is 6.51. The van der Waals surface area contributed by atoms with Crippen molar-refractivity contribution in [1.82, 2.24) is 0 Å². The van der Waals surface area contributed by atoms with Gasteiger partial charge in [0, 0.05) is 33.7 Å². The van der Waals surface area contributed by atoms with Crippen molar-refractivity contribution in [3.05, 3.63) is 145 Å². The second kappa shape index (κ2) is 12.4. The number of hydrogen-bond donors (Lipinski definition) is 2. The van der Waals surface area contributed by atoms with Crippen LogP contribution in [0.4, 0.5) is 11.4 Å². The highest BCUT2D eigenvalue weighted by Crippen LogP contribution is 2.32. The van der Waals surface area contributed by atoms with Crippen molar-refractivity contribution in [1.29, 1.82) is 0 Å². The third-order valence-corrected chi connectivity index (χ3v) is 8.84. The number of nitrogens with two attached hydrogens (primary N) is 1. The van der Waals surface area contributed by atoms with Gasteiger partial charge in [-0.25, -0.2) is 0 Å². The van der Waals surface area contributed by atoms with Crippen molar-refractivity contribution in [2.75, 3.05) is 18.2 Å². The maximum Gasteiger partial charge on any atom is 0.317 e. The summed E-state index contributed by atoms with van der Waals surface area (Å²) in [6, 6.07) is 25.1. The van der Waals surface area contributed by atoms with Crippen molar-refractivity contribution in [3.8, 4) is 0 Å². The average Bonchev–Trinajstić information content (AvgIpc) is 3.30. The number of ketones is 1. The Morgan fingerprint density at radius 3 is 2.48 bits per heavy atom. The molecule has 3 aliphatic rings. The molecule has 0 aromatic heterocycles. The number of nitrogen functional groups attached to an aromatic ring is 1. The molecule has 1 heterocycles. The van der Waals surface area contributed by atoms with Gasteiger partial charge >= 0.3 is 5.97 Å². The third-order valence-electron chi connectivity index (χ3n) is 8.51. The number of rotatable bonds is 3. The van der Waals surface area contributed by atoms with Crippen LogP contribution in [-0.4, -0.2) is 18.9 Å². The minimum absolute atomic E-state index is 0.00116. The SMILES string of the molecule is C1=CNc2ccccc2C=C1.COC(=O)C1C=c2c(Cl)cccc2=c2ccc3c(c21)CCC(C)C=3C(=O)c1ccc(N)cc1. The molecule has 2 atom stereocenters. The van der Waals surface area contributed by atoms with E-state index in [-0.39, 0.29) is 17.7 Å². The Kier molecular flexibility index (Phi) is 8.23. The summed E-state index contributed by atoms with van der Waals surface area (Å²) in [6.45, 7) is 2.09. The van der Waals surface area contributed by atoms with Crippen molar-refractivity contribution < 1.29 is 14.3 Å². The van der Waals surface area contributed by atoms with Crippen LogP contribution in [0.25, 0.3) is 17.7 Å². The third kappa shape index (κ3) is 5.47. The molecule has 0 saturated heterocycles. The van der Waals surface area contributed by atoms with Crippen LogP contribution in [0.5, 0.6) is 0 Å². The monoisotopic (exact) mass is 600 g/mol. The first-order chi connectivity index (χ1) is 21.4. The van der Waals surface area contributed by atoms with Crippen LogP contribution >= 0.6 is 11.6 Å². The van der Waals surface area contributed by atoms with Crippen molar-refractivity contribution in [2.24, 2.45) is 5.92 Å². The van der Waals surface area contributed by atoms with E-state index >= 15 is 0 Å². The van der Waals surface area contributed by atoms with Crippen molar-refractivity contribution in [3.63, 3.8) is 0 Å². The lowest BCUT2D eigenvalue weighted by atomic mass is 9.76. The number of carbonyl (C=O) groups is 2. The number of ether oxygens (including phenoxy) is 1. The van der Waals surface area contributed by atoms with E-state index in [4.69, 9.17) is 22.1 Å². The van der Waals surface area contributed by atoms with Gasteiger partial charge in [0.1, 0.15) is 5.92 Å². The number of benzene rings is 4. The zero-order valence-corrected chi connectivity index (χ0v) is 25.4. The van der Waals surface area contributed by atoms with Gasteiger partial charge in [0.25, 0.3) is 0 Å². The van der Waals surface area contributed by atoms with Crippen LogP contribution in [0, 0.1) is 16.4 Å². The molecule has 7 rings (SSSR count). The molecule has 3 N–H and O–H groups in total. The van der Waals surface area contributed by atoms with Crippen LogP contribution in [0.2, 0.25) is 5.02 Å². The fraction of sp³-hybridized carbons (Fsp3) is 0.158. The van der Waals surface area contributed by atoms with Crippen LogP contribution < -0.4 is 21.5 Å². The number of methoxy groups -OCH3 is 1. The molecule has 0 radical (unpaired) electrons. The molecule has 44 heavy (non-hydrogen) atoms. The minimum Gasteiger partial charge on any atom is -0.468 e. The molecule has 0 fully saturated rings. The molecule has 5 nitrogen and oxygen atoms in total. The Morgan fingerprint density at radius 2 is 1.68 bits per heavy atom. The molecule has 0 bridgehead atoms. The number of nitrogens with one attached hydrogen (secondary N) is 1. The maximum atomic E-state index is 13.6. The number of allylic oxidation sites excluding steroid dienone is 2. The van der Waals surface area contributed by atoms with E-state index in [1.54, 1.807) is 24.3 Å². The van der Waals surface area contributed by atoms with Crippen LogP contribution in [-0.2, 0) is 16.0 Å². The van der Waals surface area contributed by atoms with Crippen LogP contribution in [0.1, 0.15) is 46.3 Å². The molecule has 2 aliphatic carbocycles. The van der Waals surface area contributed by atoms with E-state index in [9.17, 15) is 9.59 Å². The lowest BCUT2D eigenvalue weighted by Gasteiger charge is -2.27. The summed E-state index contributed by atoms with van der Waals surface area (Å²) in [7, 11) is 1.40. The molecule has 0 spiro atoms. The molecule has 2 unspecified atom stereocenters. The summed E-state index contributed by atoms with van der Waals surface area (Å²) in [5.74, 6) is -0.804. The van der Waals surface area contributed by atoms with E-state index in [0.717, 1.165) is 56.1 Å². The zero-order valence-electron chi connectivity index (χ0n) is 24.6. The first-order valence-corrected chi connectivity index (χ1v) is 15.1. The largest absolute Gasteiger partial charge is 0.468 e. The van der Waals surface area contributed by atoms with Gasteiger partial charge < -0.3 is 15.8 Å². The van der Waals surface area contributed by atoms with Gasteiger partial charge in [-0.15, -0.1) is 0 Å². The highest BCUT2D eigenvalue weighted by molar-refractivity contribution is 6.30. The number of carbonyl (C=O) groups excluding carboxylic acids is 2. The van der Waals surface area contributed by atoms with E-state index in [1.807, 2.05) is 66.9 Å². The second-order valence-corrected chi connectivity index (χ2v) is 11.6. The predicted molar refractivity (Wildman–Crippen MR) is 178 cm³/mol. The van der Waals surface area contributed by atoms with Gasteiger partial charge in [0.2, 0.25) is 0 Å². The summed E-state index contributed by atoms with van der Waals surface area (Å²) in [5, 5.41) is 7.50. The van der Waals surface area contributed by atoms with E-state index in [1.165, 1.54) is 12.7 Å². The normalized spacial score (nSPS) is 17.2. The lowest BCUT2D eigenvalue weighted by molar-refractivity contribution is -0.140. The topological polar surface area (TPSA) is 81.4 Å². The Morgan fingerprint density at radius 1 is 0.909 bits per heavy atom. The Bertz CT molecular complexity index is 2060. The number of anilines is 2. The van der Waals surface area contributed by atoms with Gasteiger partial charge in [-0.1, -0.05) is 79.2 Å². The molecule has 0 saturated carbocycles. The lowest BCUT2D eigenvalue weighted by Crippen LogP contribution is -2.32. The van der Waals surface area contributed by atoms with Gasteiger partial charge in [-0.2, -0.15) is 0 Å². The summed E-state index contributed by atoms with van der Waals surface area (Å²) >= 11 is 6.49. The van der Waals surface area contributed by atoms with Crippen LogP contribution in [0.15, 0.2) is 97.2 Å². The van der Waals surface area contributed by atoms with Gasteiger partial charge in [-0.3, -0.25) is 9.59 Å². The van der Waals surface area contributed by atoms with Gasteiger partial charge in [-0.05, 0) is 98.8 Å². The quantitative estimate of drug-likeness (QED) is 0.159. The molecule has 0 amide bonds. The van der Waals surface area contributed by atoms with E-state index < -0.39 is 5.92 Å². The van der Waals surface area contributed by atoms with E-state index in [2.05, 4.69) is 30.4 Å². The Balaban J connectivity index is 0.000000261. The molecule has 4 aromatic rings. The standard InChI is InChI=1S/C28H24ClNO3.C10H9N/c1-15-6-11-21-20(25(15)27(31)16-7-9-17(30)10-8-16)13-12-19-18-4-3-5-24(29)22(18)14-23(26(19)21)28(32)33-2;1-2-7-10-9(5-1)6-3-4-8-11-10/h3-5,7-10,12-15,23H,6,11,30H2,1-2H3;1-8,11H. The second-order valence-electron chi connectivity index (χ2n) is 11.2. The molecule has 220 valence electrons. The first-order valence-electron chi connectivity index (χ1n) is 14.7. The number of esters is 1. The molecule has 6 heteroatoms. The molecular weight excluding hydrogens is 568 g/mol. The van der Waals surface area contributed by atoms with Gasteiger partial charge in [0.15, 0.2) is 5.78 Å². The number of hydrogen-bond acceptors (Lipinski definition) is 5. The number of halogens is 1. The average molecular weight is 601 g/mol. The fourth-order valence-electron chi connectivity index (χ4n) is 6.31. The Hall–Kier alpha value is -4.87. The highest BCUT2D eigenvalue weighted by atomic mass is 35.5. The zero-order chi connectivity index (χ0) is 30.8. The summed E-state index contributed by atoms with van der Waals surface area (Å²) in [4.78, 5) is 26.5. The van der Waals surface area contributed by atoms with Crippen molar-refractivity contribution >= 4 is 52.5 Å². The Labute approximate surface area is 261 Å². The summed E-state index contributed by atoms with van der Waals surface area (Å²) in [5.41, 5.74) is 12.2. The smallest absolute Gasteiger partial charge is 0.317 e. The summed E-state index contributed by atoms with van der Waals surface area (Å²) in [6.07, 6.45) is 11.5. The summed E-state index contributed by atoms with van der Waals surface area (Å²) < 4.78 is 5.17. The molecule has 1 aliphatic heterocycles. The van der Waals surface area contributed by atoms with Crippen molar-refractivity contribution in [2.45, 2.75) is 25.7 Å². The maximum absolute atomic E-state index is 13.6. The van der Waals surface area contributed by atoms with E-state index in [0.29, 0.717) is 16.3 Å². The number of Topliss-reactive ketones (excluding diaryl/α,β-unsaturated/α-hetero) is 1.